The van der Waals surface area contributed by atoms with Crippen LogP contribution in [0.15, 0.2) is 41.1 Å². The molecular formula is C18H25NS. The van der Waals surface area contributed by atoms with Gasteiger partial charge in [0, 0.05) is 6.04 Å². The summed E-state index contributed by atoms with van der Waals surface area (Å²) in [7, 11) is 0. The minimum absolute atomic E-state index is 0.473. The largest absolute Gasteiger partial charge is 0.310 e. The topological polar surface area (TPSA) is 12.0 Å². The van der Waals surface area contributed by atoms with Gasteiger partial charge in [0.25, 0.3) is 0 Å². The van der Waals surface area contributed by atoms with Crippen molar-refractivity contribution in [3.63, 3.8) is 0 Å². The summed E-state index contributed by atoms with van der Waals surface area (Å²) in [6.07, 6.45) is 4.62. The molecule has 1 unspecified atom stereocenters. The first kappa shape index (κ1) is 15.3. The number of nitrogens with one attached hydrogen (secondary N) is 1. The molecule has 2 aromatic rings. The van der Waals surface area contributed by atoms with Crippen LogP contribution >= 0.6 is 11.3 Å². The molecule has 1 heterocycles. The summed E-state index contributed by atoms with van der Waals surface area (Å²) < 4.78 is 0. The Morgan fingerprint density at radius 1 is 1.05 bits per heavy atom. The molecule has 0 bridgehead atoms. The number of hydrogen-bond donors (Lipinski definition) is 1. The SMILES string of the molecule is CCCNC(CCc1ccsc1)c1ccc(CC)cc1. The van der Waals surface area contributed by atoms with Crippen LogP contribution in [-0.4, -0.2) is 6.54 Å². The van der Waals surface area contributed by atoms with E-state index >= 15 is 0 Å². The van der Waals surface area contributed by atoms with Crippen molar-refractivity contribution in [1.29, 1.82) is 0 Å². The maximum atomic E-state index is 3.69. The Labute approximate surface area is 127 Å². The molecular weight excluding hydrogens is 262 g/mol. The second-order valence-electron chi connectivity index (χ2n) is 5.27. The normalized spacial score (nSPS) is 12.5. The van der Waals surface area contributed by atoms with Crippen molar-refractivity contribution in [2.24, 2.45) is 0 Å². The number of rotatable bonds is 8. The molecule has 0 aliphatic carbocycles. The third-order valence-corrected chi connectivity index (χ3v) is 4.46. The molecule has 0 aliphatic heterocycles. The monoisotopic (exact) mass is 287 g/mol. The van der Waals surface area contributed by atoms with Crippen molar-refractivity contribution in [3.8, 4) is 0 Å². The van der Waals surface area contributed by atoms with Gasteiger partial charge in [0.05, 0.1) is 0 Å². The summed E-state index contributed by atoms with van der Waals surface area (Å²) in [5.41, 5.74) is 4.30. The molecule has 0 saturated heterocycles. The standard InChI is InChI=1S/C18H25NS/c1-3-12-19-18(10-7-16-11-13-20-14-16)17-8-5-15(4-2)6-9-17/h5-6,8-9,11,13-14,18-19H,3-4,7,10,12H2,1-2H3. The maximum absolute atomic E-state index is 3.69. The van der Waals surface area contributed by atoms with Gasteiger partial charge in [-0.25, -0.2) is 0 Å². The van der Waals surface area contributed by atoms with Gasteiger partial charge in [-0.15, -0.1) is 0 Å². The Hall–Kier alpha value is -1.12. The fourth-order valence-corrected chi connectivity index (χ4v) is 3.14. The number of thiophene rings is 1. The highest BCUT2D eigenvalue weighted by molar-refractivity contribution is 7.07. The Morgan fingerprint density at radius 2 is 1.85 bits per heavy atom. The lowest BCUT2D eigenvalue weighted by molar-refractivity contribution is 0.499. The van der Waals surface area contributed by atoms with Gasteiger partial charge in [0.2, 0.25) is 0 Å². The van der Waals surface area contributed by atoms with Gasteiger partial charge < -0.3 is 5.32 Å². The van der Waals surface area contributed by atoms with Crippen molar-refractivity contribution >= 4 is 11.3 Å². The molecule has 0 fully saturated rings. The van der Waals surface area contributed by atoms with Crippen LogP contribution in [0.2, 0.25) is 0 Å². The van der Waals surface area contributed by atoms with Crippen molar-refractivity contribution in [1.82, 2.24) is 5.32 Å². The molecule has 0 spiro atoms. The van der Waals surface area contributed by atoms with E-state index in [1.165, 1.54) is 29.5 Å². The average Bonchev–Trinajstić information content (AvgIpc) is 3.01. The van der Waals surface area contributed by atoms with Crippen LogP contribution in [0, 0.1) is 0 Å². The van der Waals surface area contributed by atoms with Crippen molar-refractivity contribution in [2.45, 2.75) is 45.6 Å². The van der Waals surface area contributed by atoms with Gasteiger partial charge in [-0.3, -0.25) is 0 Å². The molecule has 1 atom stereocenters. The van der Waals surface area contributed by atoms with Crippen molar-refractivity contribution in [2.75, 3.05) is 6.54 Å². The summed E-state index contributed by atoms with van der Waals surface area (Å²) in [5, 5.41) is 8.12. The zero-order valence-corrected chi connectivity index (χ0v) is 13.4. The highest BCUT2D eigenvalue weighted by Gasteiger charge is 2.10. The second kappa shape index (κ2) is 8.23. The van der Waals surface area contributed by atoms with Gasteiger partial charge in [-0.2, -0.15) is 11.3 Å². The van der Waals surface area contributed by atoms with Gasteiger partial charge in [0.1, 0.15) is 0 Å². The van der Waals surface area contributed by atoms with Gasteiger partial charge in [-0.1, -0.05) is 38.1 Å². The lowest BCUT2D eigenvalue weighted by Gasteiger charge is -2.19. The zero-order chi connectivity index (χ0) is 14.2. The van der Waals surface area contributed by atoms with E-state index in [1.807, 2.05) is 0 Å². The first-order chi connectivity index (χ1) is 9.83. The summed E-state index contributed by atoms with van der Waals surface area (Å²) in [6, 6.07) is 11.8. The van der Waals surface area contributed by atoms with E-state index in [4.69, 9.17) is 0 Å². The highest BCUT2D eigenvalue weighted by atomic mass is 32.1. The van der Waals surface area contributed by atoms with E-state index in [-0.39, 0.29) is 0 Å². The van der Waals surface area contributed by atoms with Crippen LogP contribution < -0.4 is 5.32 Å². The van der Waals surface area contributed by atoms with Crippen molar-refractivity contribution < 1.29 is 0 Å². The molecule has 2 heteroatoms. The lowest BCUT2D eigenvalue weighted by atomic mass is 9.98. The predicted octanol–water partition coefficient (Wildman–Crippen LogP) is 4.98. The first-order valence-electron chi connectivity index (χ1n) is 7.66. The molecule has 1 aromatic heterocycles. The van der Waals surface area contributed by atoms with Crippen LogP contribution in [0.4, 0.5) is 0 Å². The van der Waals surface area contributed by atoms with Crippen LogP contribution in [0.3, 0.4) is 0 Å². The maximum Gasteiger partial charge on any atom is 0.0323 e. The summed E-state index contributed by atoms with van der Waals surface area (Å²) in [5.74, 6) is 0. The zero-order valence-electron chi connectivity index (χ0n) is 12.6. The number of aryl methyl sites for hydroxylation is 2. The first-order valence-corrected chi connectivity index (χ1v) is 8.61. The average molecular weight is 287 g/mol. The predicted molar refractivity (Wildman–Crippen MR) is 89.5 cm³/mol. The Balaban J connectivity index is 2.01. The Kier molecular flexibility index (Phi) is 6.28. The third kappa shape index (κ3) is 4.46. The smallest absolute Gasteiger partial charge is 0.0323 e. The minimum atomic E-state index is 0.473. The number of benzene rings is 1. The molecule has 1 N–H and O–H groups in total. The molecule has 0 saturated carbocycles. The quantitative estimate of drug-likeness (QED) is 0.721. The number of hydrogen-bond acceptors (Lipinski definition) is 2. The van der Waals surface area contributed by atoms with Crippen LogP contribution in [-0.2, 0) is 12.8 Å². The summed E-state index contributed by atoms with van der Waals surface area (Å²) in [4.78, 5) is 0. The summed E-state index contributed by atoms with van der Waals surface area (Å²) >= 11 is 1.79. The van der Waals surface area contributed by atoms with Gasteiger partial charge in [0.15, 0.2) is 0 Å². The molecule has 0 aliphatic rings. The van der Waals surface area contributed by atoms with Crippen molar-refractivity contribution in [3.05, 3.63) is 57.8 Å². The van der Waals surface area contributed by atoms with Crippen LogP contribution in [0.5, 0.6) is 0 Å². The molecule has 1 aromatic carbocycles. The molecule has 108 valence electrons. The summed E-state index contributed by atoms with van der Waals surface area (Å²) in [6.45, 7) is 5.52. The van der Waals surface area contributed by atoms with Gasteiger partial charge in [-0.05, 0) is 65.7 Å². The van der Waals surface area contributed by atoms with E-state index < -0.39 is 0 Å². The van der Waals surface area contributed by atoms with Crippen LogP contribution in [0.25, 0.3) is 0 Å². The van der Waals surface area contributed by atoms with Gasteiger partial charge >= 0.3 is 0 Å². The van der Waals surface area contributed by atoms with E-state index in [0.29, 0.717) is 6.04 Å². The third-order valence-electron chi connectivity index (χ3n) is 3.73. The fraction of sp³-hybridized carbons (Fsp3) is 0.444. The second-order valence-corrected chi connectivity index (χ2v) is 6.05. The highest BCUT2D eigenvalue weighted by Crippen LogP contribution is 2.21. The molecule has 1 nitrogen and oxygen atoms in total. The van der Waals surface area contributed by atoms with E-state index in [1.54, 1.807) is 11.3 Å². The Morgan fingerprint density at radius 3 is 2.45 bits per heavy atom. The van der Waals surface area contributed by atoms with E-state index in [0.717, 1.165) is 19.4 Å². The molecule has 20 heavy (non-hydrogen) atoms. The molecule has 0 radical (unpaired) electrons. The lowest BCUT2D eigenvalue weighted by Crippen LogP contribution is -2.22. The Bertz CT molecular complexity index is 473. The molecule has 0 amide bonds. The van der Waals surface area contributed by atoms with E-state index in [9.17, 15) is 0 Å². The molecule has 2 rings (SSSR count). The minimum Gasteiger partial charge on any atom is -0.310 e. The van der Waals surface area contributed by atoms with E-state index in [2.05, 4.69) is 60.3 Å². The van der Waals surface area contributed by atoms with Crippen LogP contribution in [0.1, 0.15) is 49.4 Å². The fourth-order valence-electron chi connectivity index (χ4n) is 2.44.